The Morgan fingerprint density at radius 1 is 0.897 bits per heavy atom. The molecule has 2 amide bonds. The number of methoxy groups -OCH3 is 1. The molecule has 0 bridgehead atoms. The van der Waals surface area contributed by atoms with Crippen LogP contribution in [0.25, 0.3) is 0 Å². The minimum absolute atomic E-state index is 0.140. The van der Waals surface area contributed by atoms with Crippen molar-refractivity contribution in [3.8, 4) is 5.75 Å². The molecule has 208 valence electrons. The third-order valence-corrected chi connectivity index (χ3v) is 7.36. The van der Waals surface area contributed by atoms with E-state index in [1.165, 1.54) is 12.0 Å². The number of sulfonamides is 1. The first-order valence-electron chi connectivity index (χ1n) is 12.8. The monoisotopic (exact) mass is 551 g/mol. The van der Waals surface area contributed by atoms with Gasteiger partial charge < -0.3 is 15.0 Å². The average molecular weight is 552 g/mol. The van der Waals surface area contributed by atoms with Gasteiger partial charge in [-0.05, 0) is 56.2 Å². The van der Waals surface area contributed by atoms with E-state index in [4.69, 9.17) is 4.74 Å². The van der Waals surface area contributed by atoms with E-state index in [0.717, 1.165) is 27.3 Å². The molecule has 1 N–H and O–H groups in total. The van der Waals surface area contributed by atoms with Crippen molar-refractivity contribution in [3.63, 3.8) is 0 Å². The summed E-state index contributed by atoms with van der Waals surface area (Å²) >= 11 is 0. The number of hydrogen-bond acceptors (Lipinski definition) is 5. The lowest BCUT2D eigenvalue weighted by molar-refractivity contribution is -0.140. The van der Waals surface area contributed by atoms with Gasteiger partial charge in [0.05, 0.1) is 19.1 Å². The van der Waals surface area contributed by atoms with Crippen LogP contribution in [0.4, 0.5) is 5.69 Å². The fraction of sp³-hybridized carbons (Fsp3) is 0.333. The number of aryl methyl sites for hydroxylation is 1. The van der Waals surface area contributed by atoms with Gasteiger partial charge in [0.25, 0.3) is 0 Å². The van der Waals surface area contributed by atoms with Gasteiger partial charge in [-0.2, -0.15) is 0 Å². The van der Waals surface area contributed by atoms with E-state index in [1.807, 2.05) is 75.4 Å². The standard InChI is InChI=1S/C30H37N3O5S/c1-22(2)31-30(35)28(19-24-9-7-6-8-10-24)32(20-25-13-11-23(3)12-14-25)29(34)21-33(39(5,36)37)26-15-17-27(38-4)18-16-26/h6-18,22,28H,19-21H2,1-5H3,(H,31,35)/t28-/m1/s1. The molecule has 3 aromatic rings. The van der Waals surface area contributed by atoms with Gasteiger partial charge >= 0.3 is 0 Å². The van der Waals surface area contributed by atoms with Gasteiger partial charge in [-0.15, -0.1) is 0 Å². The van der Waals surface area contributed by atoms with Gasteiger partial charge in [-0.1, -0.05) is 60.2 Å². The first kappa shape index (κ1) is 29.7. The van der Waals surface area contributed by atoms with Crippen LogP contribution in [0, 0.1) is 6.92 Å². The predicted molar refractivity (Wildman–Crippen MR) is 154 cm³/mol. The summed E-state index contributed by atoms with van der Waals surface area (Å²) < 4.78 is 31.9. The SMILES string of the molecule is COc1ccc(N(CC(=O)N(Cc2ccc(C)cc2)[C@H](Cc2ccccc2)C(=O)NC(C)C)S(C)(=O)=O)cc1. The minimum atomic E-state index is -3.82. The van der Waals surface area contributed by atoms with Crippen molar-refractivity contribution in [2.45, 2.75) is 45.8 Å². The number of ether oxygens (including phenoxy) is 1. The van der Waals surface area contributed by atoms with E-state index in [0.29, 0.717) is 11.4 Å². The van der Waals surface area contributed by atoms with Crippen LogP contribution < -0.4 is 14.4 Å². The molecule has 39 heavy (non-hydrogen) atoms. The number of carbonyl (C=O) groups is 2. The smallest absolute Gasteiger partial charge is 0.244 e. The number of rotatable bonds is 12. The number of anilines is 1. The van der Waals surface area contributed by atoms with Gasteiger partial charge in [0.1, 0.15) is 18.3 Å². The fourth-order valence-electron chi connectivity index (χ4n) is 4.19. The Morgan fingerprint density at radius 3 is 2.05 bits per heavy atom. The number of nitrogens with zero attached hydrogens (tertiary/aromatic N) is 2. The van der Waals surface area contributed by atoms with Crippen molar-refractivity contribution in [3.05, 3.63) is 95.6 Å². The summed E-state index contributed by atoms with van der Waals surface area (Å²) in [5.41, 5.74) is 3.11. The van der Waals surface area contributed by atoms with E-state index in [1.54, 1.807) is 24.3 Å². The molecule has 0 radical (unpaired) electrons. The van der Waals surface area contributed by atoms with Crippen LogP contribution in [0.3, 0.4) is 0 Å². The molecule has 0 aliphatic rings. The largest absolute Gasteiger partial charge is 0.497 e. The molecule has 0 fully saturated rings. The Kier molecular flexibility index (Phi) is 10.1. The van der Waals surface area contributed by atoms with Crippen molar-refractivity contribution in [1.82, 2.24) is 10.2 Å². The number of hydrogen-bond donors (Lipinski definition) is 1. The molecule has 3 aromatic carbocycles. The Balaban J connectivity index is 2.03. The average Bonchev–Trinajstić information content (AvgIpc) is 2.90. The zero-order valence-corrected chi connectivity index (χ0v) is 23.9. The maximum atomic E-state index is 14.0. The van der Waals surface area contributed by atoms with Gasteiger partial charge in [-0.25, -0.2) is 8.42 Å². The van der Waals surface area contributed by atoms with Crippen LogP contribution >= 0.6 is 0 Å². The van der Waals surface area contributed by atoms with Crippen molar-refractivity contribution in [2.75, 3.05) is 24.2 Å². The van der Waals surface area contributed by atoms with E-state index in [2.05, 4.69) is 5.32 Å². The molecule has 0 saturated carbocycles. The van der Waals surface area contributed by atoms with Gasteiger partial charge in [0.2, 0.25) is 21.8 Å². The molecule has 0 aliphatic carbocycles. The summed E-state index contributed by atoms with van der Waals surface area (Å²) in [7, 11) is -2.31. The lowest BCUT2D eigenvalue weighted by Gasteiger charge is -2.34. The Labute approximate surface area is 231 Å². The second-order valence-corrected chi connectivity index (χ2v) is 11.8. The van der Waals surface area contributed by atoms with E-state index >= 15 is 0 Å². The number of carbonyl (C=O) groups excluding carboxylic acids is 2. The van der Waals surface area contributed by atoms with Crippen LogP contribution in [-0.2, 0) is 32.6 Å². The summed E-state index contributed by atoms with van der Waals surface area (Å²) in [4.78, 5) is 29.0. The number of benzene rings is 3. The second-order valence-electron chi connectivity index (χ2n) is 9.84. The fourth-order valence-corrected chi connectivity index (χ4v) is 5.04. The summed E-state index contributed by atoms with van der Waals surface area (Å²) in [6.07, 6.45) is 1.33. The van der Waals surface area contributed by atoms with E-state index in [-0.39, 0.29) is 24.9 Å². The molecule has 0 saturated heterocycles. The van der Waals surface area contributed by atoms with E-state index < -0.39 is 28.5 Å². The first-order chi connectivity index (χ1) is 18.5. The molecule has 0 unspecified atom stereocenters. The Morgan fingerprint density at radius 2 is 1.51 bits per heavy atom. The third-order valence-electron chi connectivity index (χ3n) is 6.22. The highest BCUT2D eigenvalue weighted by molar-refractivity contribution is 7.92. The summed E-state index contributed by atoms with van der Waals surface area (Å²) in [5, 5.41) is 2.94. The molecule has 8 nitrogen and oxygen atoms in total. The molecule has 0 spiro atoms. The van der Waals surface area contributed by atoms with Crippen molar-refractivity contribution in [2.24, 2.45) is 0 Å². The lowest BCUT2D eigenvalue weighted by atomic mass is 10.0. The molecule has 0 aromatic heterocycles. The van der Waals surface area contributed by atoms with Gasteiger partial charge in [0, 0.05) is 19.0 Å². The summed E-state index contributed by atoms with van der Waals surface area (Å²) in [5.74, 6) is -0.228. The molecule has 0 aliphatic heterocycles. The van der Waals surface area contributed by atoms with Crippen LogP contribution in [0.15, 0.2) is 78.9 Å². The van der Waals surface area contributed by atoms with Crippen molar-refractivity contribution in [1.29, 1.82) is 0 Å². The molecule has 1 atom stereocenters. The predicted octanol–water partition coefficient (Wildman–Crippen LogP) is 3.93. The van der Waals surface area contributed by atoms with Crippen LogP contribution in [0.2, 0.25) is 0 Å². The number of amides is 2. The normalized spacial score (nSPS) is 12.1. The van der Waals surface area contributed by atoms with Gasteiger partial charge in [0.15, 0.2) is 0 Å². The summed E-state index contributed by atoms with van der Waals surface area (Å²) in [6, 6.07) is 22.6. The highest BCUT2D eigenvalue weighted by Crippen LogP contribution is 2.23. The molecular formula is C30H37N3O5S. The Bertz CT molecular complexity index is 1340. The third kappa shape index (κ3) is 8.58. The zero-order valence-electron chi connectivity index (χ0n) is 23.1. The Hall–Kier alpha value is -3.85. The van der Waals surface area contributed by atoms with E-state index in [9.17, 15) is 18.0 Å². The van der Waals surface area contributed by atoms with Crippen molar-refractivity contribution < 1.29 is 22.7 Å². The summed E-state index contributed by atoms with van der Waals surface area (Å²) in [6.45, 7) is 5.37. The second kappa shape index (κ2) is 13.3. The lowest BCUT2D eigenvalue weighted by Crippen LogP contribution is -2.54. The minimum Gasteiger partial charge on any atom is -0.497 e. The molecule has 3 rings (SSSR count). The highest BCUT2D eigenvalue weighted by atomic mass is 32.2. The maximum Gasteiger partial charge on any atom is 0.244 e. The topological polar surface area (TPSA) is 96.0 Å². The quantitative estimate of drug-likeness (QED) is 0.368. The van der Waals surface area contributed by atoms with Crippen LogP contribution in [0.1, 0.15) is 30.5 Å². The maximum absolute atomic E-state index is 14.0. The number of nitrogens with one attached hydrogen (secondary N) is 1. The van der Waals surface area contributed by atoms with Gasteiger partial charge in [-0.3, -0.25) is 13.9 Å². The van der Waals surface area contributed by atoms with Crippen LogP contribution in [0.5, 0.6) is 5.75 Å². The zero-order chi connectivity index (χ0) is 28.6. The molecule has 0 heterocycles. The molecule has 9 heteroatoms. The van der Waals surface area contributed by atoms with Crippen LogP contribution in [-0.4, -0.2) is 57.1 Å². The highest BCUT2D eigenvalue weighted by Gasteiger charge is 2.33. The first-order valence-corrected chi connectivity index (χ1v) is 14.6. The molecular weight excluding hydrogens is 514 g/mol. The van der Waals surface area contributed by atoms with Crippen molar-refractivity contribution >= 4 is 27.5 Å².